The van der Waals surface area contributed by atoms with Crippen LogP contribution in [0.25, 0.3) is 5.69 Å². The molecular weight excluding hydrogens is 357 g/mol. The normalized spacial score (nSPS) is 17.9. The molecule has 1 aliphatic heterocycles. The zero-order valence-electron chi connectivity index (χ0n) is 17.2. The molecule has 1 aromatic carbocycles. The third-order valence-corrected chi connectivity index (χ3v) is 5.49. The van der Waals surface area contributed by atoms with E-state index in [1.165, 1.54) is 30.0 Å². The lowest BCUT2D eigenvalue weighted by molar-refractivity contribution is 0.0758. The quantitative estimate of drug-likeness (QED) is 0.762. The van der Waals surface area contributed by atoms with Crippen molar-refractivity contribution in [3.8, 4) is 5.69 Å². The lowest BCUT2D eigenvalue weighted by atomic mass is 10.00. The van der Waals surface area contributed by atoms with E-state index in [-0.39, 0.29) is 23.5 Å². The molecule has 0 saturated carbocycles. The van der Waals surface area contributed by atoms with Gasteiger partial charge in [-0.2, -0.15) is 0 Å². The van der Waals surface area contributed by atoms with Gasteiger partial charge in [0.15, 0.2) is 0 Å². The molecule has 6 nitrogen and oxygen atoms in total. The number of carbonyl (C=O) groups is 1. The first-order valence-corrected chi connectivity index (χ1v) is 10.1. The molecule has 0 bridgehead atoms. The van der Waals surface area contributed by atoms with E-state index in [0.29, 0.717) is 24.1 Å². The molecule has 1 aromatic heterocycles. The fraction of sp³-hybridized carbons (Fsp3) is 0.571. The van der Waals surface area contributed by atoms with Crippen molar-refractivity contribution in [2.75, 3.05) is 27.2 Å². The van der Waals surface area contributed by atoms with Gasteiger partial charge in [0.2, 0.25) is 5.82 Å². The van der Waals surface area contributed by atoms with E-state index in [9.17, 15) is 9.18 Å². The summed E-state index contributed by atoms with van der Waals surface area (Å²) in [6, 6.07) is 6.92. The molecule has 1 atom stereocenters. The second-order valence-electron chi connectivity index (χ2n) is 7.96. The van der Waals surface area contributed by atoms with Gasteiger partial charge in [-0.25, -0.2) is 14.1 Å². The third-order valence-electron chi connectivity index (χ3n) is 5.49. The minimum atomic E-state index is -0.387. The summed E-state index contributed by atoms with van der Waals surface area (Å²) in [5, 5.41) is 4.36. The maximum atomic E-state index is 14.3. The summed E-state index contributed by atoms with van der Waals surface area (Å²) in [7, 11) is 3.93. The monoisotopic (exact) mass is 387 g/mol. The Morgan fingerprint density at radius 3 is 2.75 bits per heavy atom. The highest BCUT2D eigenvalue weighted by atomic mass is 19.1. The van der Waals surface area contributed by atoms with Gasteiger partial charge < -0.3 is 9.80 Å². The smallest absolute Gasteiger partial charge is 0.293 e. The molecule has 2 heterocycles. The number of benzene rings is 1. The van der Waals surface area contributed by atoms with Gasteiger partial charge in [0.1, 0.15) is 17.3 Å². The fourth-order valence-corrected chi connectivity index (χ4v) is 3.71. The summed E-state index contributed by atoms with van der Waals surface area (Å²) in [5.74, 6) is 0.0904. The van der Waals surface area contributed by atoms with E-state index in [2.05, 4.69) is 22.0 Å². The van der Waals surface area contributed by atoms with Gasteiger partial charge >= 0.3 is 0 Å². The number of likely N-dealkylation sites (tertiary alicyclic amines) is 1. The van der Waals surface area contributed by atoms with Crippen LogP contribution < -0.4 is 0 Å². The van der Waals surface area contributed by atoms with E-state index in [0.717, 1.165) is 13.0 Å². The first-order chi connectivity index (χ1) is 13.4. The van der Waals surface area contributed by atoms with Gasteiger partial charge in [-0.3, -0.25) is 4.79 Å². The summed E-state index contributed by atoms with van der Waals surface area (Å²) in [6.45, 7) is 5.68. The van der Waals surface area contributed by atoms with Gasteiger partial charge in [0, 0.05) is 25.6 Å². The van der Waals surface area contributed by atoms with Crippen molar-refractivity contribution >= 4 is 5.91 Å². The highest BCUT2D eigenvalue weighted by Gasteiger charge is 2.25. The van der Waals surface area contributed by atoms with Crippen LogP contribution in [0.5, 0.6) is 0 Å². The van der Waals surface area contributed by atoms with Crippen LogP contribution in [0.4, 0.5) is 4.39 Å². The second-order valence-corrected chi connectivity index (χ2v) is 7.96. The zero-order chi connectivity index (χ0) is 20.3. The summed E-state index contributed by atoms with van der Waals surface area (Å²) in [5.41, 5.74) is 0.309. The number of hydrogen-bond donors (Lipinski definition) is 0. The Bertz CT molecular complexity index is 819. The van der Waals surface area contributed by atoms with E-state index in [1.807, 2.05) is 13.8 Å². The molecule has 152 valence electrons. The summed E-state index contributed by atoms with van der Waals surface area (Å²) in [4.78, 5) is 21.4. The van der Waals surface area contributed by atoms with Crippen LogP contribution >= 0.6 is 0 Å². The molecule has 1 aliphatic rings. The first kappa shape index (κ1) is 20.5. The molecule has 0 aliphatic carbocycles. The van der Waals surface area contributed by atoms with E-state index < -0.39 is 0 Å². The fourth-order valence-electron chi connectivity index (χ4n) is 3.71. The average Bonchev–Trinajstić information content (AvgIpc) is 3.12. The Kier molecular flexibility index (Phi) is 6.44. The Balaban J connectivity index is 1.76. The predicted molar refractivity (Wildman–Crippen MR) is 107 cm³/mol. The number of para-hydroxylation sites is 1. The number of nitrogens with zero attached hydrogens (tertiary/aromatic N) is 5. The number of halogens is 1. The highest BCUT2D eigenvalue weighted by molar-refractivity contribution is 5.90. The molecule has 3 rings (SSSR count). The van der Waals surface area contributed by atoms with E-state index in [4.69, 9.17) is 0 Å². The van der Waals surface area contributed by atoms with Gasteiger partial charge in [-0.15, -0.1) is 5.10 Å². The molecule has 2 aromatic rings. The van der Waals surface area contributed by atoms with Crippen molar-refractivity contribution in [3.05, 3.63) is 41.7 Å². The average molecular weight is 388 g/mol. The Hall–Kier alpha value is -2.28. The minimum absolute atomic E-state index is 0.00912. The van der Waals surface area contributed by atoms with Crippen molar-refractivity contribution < 1.29 is 9.18 Å². The standard InChI is InChI=1S/C21H30FN5O/c1-15(2)20-23-19(24-27(20)18-11-6-5-10-17(18)22)21(28)26(4)14-12-16-9-7-8-13-25(16)3/h5-6,10-11,15-16H,7-9,12-14H2,1-4H3. The van der Waals surface area contributed by atoms with Crippen LogP contribution in [-0.2, 0) is 0 Å². The maximum absolute atomic E-state index is 14.3. The summed E-state index contributed by atoms with van der Waals surface area (Å²) >= 11 is 0. The first-order valence-electron chi connectivity index (χ1n) is 10.1. The number of carbonyl (C=O) groups excluding carboxylic acids is 1. The topological polar surface area (TPSA) is 54.3 Å². The molecule has 1 amide bonds. The Morgan fingerprint density at radius 2 is 2.07 bits per heavy atom. The second kappa shape index (κ2) is 8.82. The molecule has 28 heavy (non-hydrogen) atoms. The lowest BCUT2D eigenvalue weighted by Gasteiger charge is -2.33. The molecular formula is C21H30FN5O. The Morgan fingerprint density at radius 1 is 1.32 bits per heavy atom. The van der Waals surface area contributed by atoms with E-state index >= 15 is 0 Å². The van der Waals surface area contributed by atoms with Gasteiger partial charge in [0.05, 0.1) is 0 Å². The third kappa shape index (κ3) is 4.41. The van der Waals surface area contributed by atoms with Gasteiger partial charge in [-0.1, -0.05) is 32.4 Å². The molecule has 0 N–H and O–H groups in total. The van der Waals surface area contributed by atoms with Crippen LogP contribution in [0.15, 0.2) is 24.3 Å². The predicted octanol–water partition coefficient (Wildman–Crippen LogP) is 3.48. The van der Waals surface area contributed by atoms with Crippen LogP contribution in [0.3, 0.4) is 0 Å². The van der Waals surface area contributed by atoms with Crippen LogP contribution in [0.1, 0.15) is 61.9 Å². The molecule has 0 spiro atoms. The summed E-state index contributed by atoms with van der Waals surface area (Å²) in [6.07, 6.45) is 4.61. The van der Waals surface area contributed by atoms with Crippen molar-refractivity contribution in [2.45, 2.75) is 51.5 Å². The highest BCUT2D eigenvalue weighted by Crippen LogP contribution is 2.21. The Labute approximate surface area is 166 Å². The van der Waals surface area contributed by atoms with Crippen LogP contribution in [0, 0.1) is 5.82 Å². The number of hydrogen-bond acceptors (Lipinski definition) is 4. The van der Waals surface area contributed by atoms with Crippen molar-refractivity contribution in [2.24, 2.45) is 0 Å². The molecule has 1 fully saturated rings. The van der Waals surface area contributed by atoms with E-state index in [1.54, 1.807) is 30.1 Å². The summed E-state index contributed by atoms with van der Waals surface area (Å²) < 4.78 is 15.7. The van der Waals surface area contributed by atoms with Crippen LogP contribution in [0.2, 0.25) is 0 Å². The SMILES string of the molecule is CC(C)c1nc(C(=O)N(C)CCC2CCCCN2C)nn1-c1ccccc1F. The van der Waals surface area contributed by atoms with Crippen LogP contribution in [-0.4, -0.2) is 63.7 Å². The number of rotatable bonds is 6. The lowest BCUT2D eigenvalue weighted by Crippen LogP contribution is -2.39. The van der Waals surface area contributed by atoms with Gasteiger partial charge in [-0.05, 0) is 45.0 Å². The maximum Gasteiger partial charge on any atom is 0.293 e. The zero-order valence-corrected chi connectivity index (χ0v) is 17.2. The van der Waals surface area contributed by atoms with Crippen molar-refractivity contribution in [3.63, 3.8) is 0 Å². The minimum Gasteiger partial charge on any atom is -0.339 e. The molecule has 1 saturated heterocycles. The largest absolute Gasteiger partial charge is 0.339 e. The van der Waals surface area contributed by atoms with Crippen molar-refractivity contribution in [1.29, 1.82) is 0 Å². The number of amides is 1. The van der Waals surface area contributed by atoms with Gasteiger partial charge in [0.25, 0.3) is 5.91 Å². The molecule has 0 radical (unpaired) electrons. The molecule has 1 unspecified atom stereocenters. The van der Waals surface area contributed by atoms with Crippen molar-refractivity contribution in [1.82, 2.24) is 24.6 Å². The number of aromatic nitrogens is 3. The molecule has 7 heteroatoms. The number of piperidine rings is 1.